The molecule has 0 saturated carbocycles. The summed E-state index contributed by atoms with van der Waals surface area (Å²) < 4.78 is 4.76. The molecular formula is C5H12N4OS. The van der Waals surface area contributed by atoms with Crippen LogP contribution in [-0.2, 0) is 4.74 Å². The molecule has 0 heterocycles. The molecule has 0 aliphatic heterocycles. The molecule has 0 atom stereocenters. The van der Waals surface area contributed by atoms with Gasteiger partial charge in [-0.1, -0.05) is 0 Å². The molecule has 0 aliphatic carbocycles. The van der Waals surface area contributed by atoms with E-state index in [2.05, 4.69) is 28.0 Å². The topological polar surface area (TPSA) is 71.7 Å². The normalized spacial score (nSPS) is 10.0. The third-order valence-electron chi connectivity index (χ3n) is 0.843. The van der Waals surface area contributed by atoms with E-state index in [0.717, 1.165) is 0 Å². The molecule has 0 unspecified atom stereocenters. The van der Waals surface area contributed by atoms with Gasteiger partial charge < -0.3 is 15.5 Å². The van der Waals surface area contributed by atoms with Crippen LogP contribution in [0.25, 0.3) is 0 Å². The minimum Gasteiger partial charge on any atom is -0.383 e. The maximum atomic E-state index is 4.97. The number of ether oxygens (including phenoxy) is 1. The molecule has 4 N–H and O–H groups in total. The van der Waals surface area contributed by atoms with Crippen molar-refractivity contribution in [3.05, 3.63) is 0 Å². The fourth-order valence-electron chi connectivity index (χ4n) is 0.354. The van der Waals surface area contributed by atoms with E-state index in [1.807, 2.05) is 0 Å². The molecule has 0 saturated heterocycles. The number of nitrogens with one attached hydrogen (secondary N) is 2. The summed E-state index contributed by atoms with van der Waals surface area (Å²) in [6.07, 6.45) is 1.47. The van der Waals surface area contributed by atoms with Gasteiger partial charge >= 0.3 is 0 Å². The van der Waals surface area contributed by atoms with Crippen LogP contribution in [0.5, 0.6) is 0 Å². The van der Waals surface area contributed by atoms with Crippen molar-refractivity contribution in [2.75, 3.05) is 20.3 Å². The van der Waals surface area contributed by atoms with Gasteiger partial charge in [-0.3, -0.25) is 4.99 Å². The Morgan fingerprint density at radius 3 is 3.09 bits per heavy atom. The summed E-state index contributed by atoms with van der Waals surface area (Å²) >= 11 is 4.66. The van der Waals surface area contributed by atoms with Gasteiger partial charge in [0.25, 0.3) is 0 Å². The Kier molecular flexibility index (Phi) is 6.90. The van der Waals surface area contributed by atoms with Crippen LogP contribution < -0.4 is 16.6 Å². The van der Waals surface area contributed by atoms with Gasteiger partial charge in [-0.2, -0.15) is 0 Å². The largest absolute Gasteiger partial charge is 0.383 e. The molecule has 0 rings (SSSR count). The van der Waals surface area contributed by atoms with E-state index in [-0.39, 0.29) is 0 Å². The molecule has 0 aromatic rings. The van der Waals surface area contributed by atoms with Crippen LogP contribution in [0.3, 0.4) is 0 Å². The summed E-state index contributed by atoms with van der Waals surface area (Å²) in [6.45, 7) is 1.21. The predicted octanol–water partition coefficient (Wildman–Crippen LogP) is -1.00. The summed E-state index contributed by atoms with van der Waals surface area (Å²) in [5.74, 6) is 4.97. The van der Waals surface area contributed by atoms with Gasteiger partial charge in [0.2, 0.25) is 0 Å². The van der Waals surface area contributed by atoms with Crippen molar-refractivity contribution in [2.24, 2.45) is 10.8 Å². The second kappa shape index (κ2) is 7.39. The van der Waals surface area contributed by atoms with Crippen molar-refractivity contribution < 1.29 is 4.74 Å². The Bertz CT molecular complexity index is 138. The monoisotopic (exact) mass is 176 g/mol. The lowest BCUT2D eigenvalue weighted by Crippen LogP contribution is -2.38. The molecule has 0 bridgehead atoms. The molecule has 0 radical (unpaired) electrons. The molecule has 11 heavy (non-hydrogen) atoms. The van der Waals surface area contributed by atoms with Gasteiger partial charge in [-0.25, -0.2) is 5.84 Å². The number of nitrogens with zero attached hydrogens (tertiary/aromatic N) is 1. The second-order valence-corrected chi connectivity index (χ2v) is 2.05. The van der Waals surface area contributed by atoms with Gasteiger partial charge in [-0.05, 0) is 12.2 Å². The second-order valence-electron chi connectivity index (χ2n) is 1.65. The van der Waals surface area contributed by atoms with E-state index >= 15 is 0 Å². The Balaban J connectivity index is 3.22. The van der Waals surface area contributed by atoms with E-state index in [0.29, 0.717) is 18.3 Å². The molecule has 64 valence electrons. The van der Waals surface area contributed by atoms with Crippen molar-refractivity contribution >= 4 is 23.7 Å². The van der Waals surface area contributed by atoms with Crippen molar-refractivity contribution in [3.63, 3.8) is 0 Å². The predicted molar refractivity (Wildman–Crippen MR) is 48.3 cm³/mol. The van der Waals surface area contributed by atoms with Gasteiger partial charge in [-0.15, -0.1) is 0 Å². The van der Waals surface area contributed by atoms with Crippen LogP contribution in [0.15, 0.2) is 4.99 Å². The molecule has 0 aromatic carbocycles. The van der Waals surface area contributed by atoms with Gasteiger partial charge in [0.15, 0.2) is 5.11 Å². The minimum atomic E-state index is 0.339. The van der Waals surface area contributed by atoms with Gasteiger partial charge in [0.1, 0.15) is 0 Å². The third kappa shape index (κ3) is 7.17. The van der Waals surface area contributed by atoms with Crippen molar-refractivity contribution in [3.8, 4) is 0 Å². The lowest BCUT2D eigenvalue weighted by atomic mass is 10.7. The first kappa shape index (κ1) is 10.3. The van der Waals surface area contributed by atoms with Crippen LogP contribution in [0.4, 0.5) is 0 Å². The number of rotatable bonds is 4. The SMILES string of the molecule is COCCN=CNC(=S)NN. The summed E-state index contributed by atoms with van der Waals surface area (Å²) in [5, 5.41) is 2.98. The fraction of sp³-hybridized carbons (Fsp3) is 0.600. The highest BCUT2D eigenvalue weighted by molar-refractivity contribution is 7.80. The van der Waals surface area contributed by atoms with Gasteiger partial charge in [0.05, 0.1) is 19.5 Å². The van der Waals surface area contributed by atoms with Gasteiger partial charge in [0, 0.05) is 7.11 Å². The van der Waals surface area contributed by atoms with E-state index < -0.39 is 0 Å². The first-order chi connectivity index (χ1) is 5.31. The zero-order valence-corrected chi connectivity index (χ0v) is 7.15. The van der Waals surface area contributed by atoms with Crippen LogP contribution >= 0.6 is 12.2 Å². The maximum Gasteiger partial charge on any atom is 0.185 e. The van der Waals surface area contributed by atoms with E-state index in [9.17, 15) is 0 Å². The Labute approximate surface area is 71.0 Å². The van der Waals surface area contributed by atoms with Crippen LogP contribution in [0, 0.1) is 0 Å². The lowest BCUT2D eigenvalue weighted by Gasteiger charge is -1.98. The van der Waals surface area contributed by atoms with Crippen molar-refractivity contribution in [1.82, 2.24) is 10.7 Å². The average molecular weight is 176 g/mol. The zero-order chi connectivity index (χ0) is 8.53. The standard InChI is InChI=1S/C5H12N4OS/c1-10-3-2-7-4-8-5(11)9-6/h4H,2-3,6H2,1H3,(H2,7,8,9,11). The molecular weight excluding hydrogens is 164 g/mol. The Morgan fingerprint density at radius 2 is 2.55 bits per heavy atom. The minimum absolute atomic E-state index is 0.339. The number of thiocarbonyl (C=S) groups is 1. The first-order valence-corrected chi connectivity index (χ1v) is 3.46. The van der Waals surface area contributed by atoms with E-state index in [1.165, 1.54) is 6.34 Å². The number of methoxy groups -OCH3 is 1. The highest BCUT2D eigenvalue weighted by Gasteiger charge is 1.83. The summed E-state index contributed by atoms with van der Waals surface area (Å²) in [7, 11) is 1.62. The Morgan fingerprint density at radius 1 is 1.82 bits per heavy atom. The van der Waals surface area contributed by atoms with E-state index in [1.54, 1.807) is 7.11 Å². The zero-order valence-electron chi connectivity index (χ0n) is 6.33. The summed E-state index contributed by atoms with van der Waals surface area (Å²) in [5.41, 5.74) is 2.25. The van der Waals surface area contributed by atoms with Crippen LogP contribution in [-0.4, -0.2) is 31.7 Å². The molecule has 0 spiro atoms. The molecule has 0 aliphatic rings. The molecule has 0 amide bonds. The van der Waals surface area contributed by atoms with Crippen LogP contribution in [0.2, 0.25) is 0 Å². The maximum absolute atomic E-state index is 4.97. The molecule has 5 nitrogen and oxygen atoms in total. The highest BCUT2D eigenvalue weighted by atomic mass is 32.1. The highest BCUT2D eigenvalue weighted by Crippen LogP contribution is 1.68. The number of nitrogens with two attached hydrogens (primary N) is 1. The summed E-state index contributed by atoms with van der Waals surface area (Å²) in [6, 6.07) is 0. The third-order valence-corrected chi connectivity index (χ3v) is 1.08. The van der Waals surface area contributed by atoms with Crippen molar-refractivity contribution in [2.45, 2.75) is 0 Å². The lowest BCUT2D eigenvalue weighted by molar-refractivity contribution is 0.208. The fourth-order valence-corrected chi connectivity index (χ4v) is 0.407. The molecule has 0 aromatic heterocycles. The average Bonchev–Trinajstić information content (AvgIpc) is 2.04. The van der Waals surface area contributed by atoms with Crippen LogP contribution in [0.1, 0.15) is 0 Å². The Hall–Kier alpha value is -0.720. The molecule has 0 fully saturated rings. The number of hydrogen-bond donors (Lipinski definition) is 3. The smallest absolute Gasteiger partial charge is 0.185 e. The quantitative estimate of drug-likeness (QED) is 0.128. The summed E-state index contributed by atoms with van der Waals surface area (Å²) in [4.78, 5) is 3.90. The van der Waals surface area contributed by atoms with Crippen molar-refractivity contribution in [1.29, 1.82) is 0 Å². The number of hydrazine groups is 1. The number of aliphatic imine (C=N–C) groups is 1. The molecule has 6 heteroatoms. The number of hydrogen-bond acceptors (Lipinski definition) is 4. The first-order valence-electron chi connectivity index (χ1n) is 3.05. The van der Waals surface area contributed by atoms with E-state index in [4.69, 9.17) is 10.6 Å².